The van der Waals surface area contributed by atoms with E-state index in [-0.39, 0.29) is 39.2 Å². The number of ether oxygens (including phenoxy) is 9. The Morgan fingerprint density at radius 2 is 1.07 bits per heavy atom. The summed E-state index contributed by atoms with van der Waals surface area (Å²) in [7, 11) is 0. The summed E-state index contributed by atoms with van der Waals surface area (Å²) in [5, 5.41) is 56.5. The molecule has 21 heteroatoms. The Hall–Kier alpha value is -5.98. The highest BCUT2D eigenvalue weighted by atomic mass is 16.8. The number of aliphatic hydroxyl groups is 4. The molecule has 0 radical (unpaired) electrons. The van der Waals surface area contributed by atoms with Crippen LogP contribution < -0.4 is 21.3 Å². The van der Waals surface area contributed by atoms with E-state index in [4.69, 9.17) is 42.6 Å². The van der Waals surface area contributed by atoms with Gasteiger partial charge in [-0.25, -0.2) is 14.4 Å². The second-order valence-corrected chi connectivity index (χ2v) is 18.8. The van der Waals surface area contributed by atoms with Gasteiger partial charge in [0.1, 0.15) is 68.5 Å². The van der Waals surface area contributed by atoms with Crippen molar-refractivity contribution in [1.29, 1.82) is 0 Å². The van der Waals surface area contributed by atoms with Crippen molar-refractivity contribution in [3.05, 3.63) is 132 Å². The number of aliphatic hydroxyl groups excluding tert-OH is 4. The Balaban J connectivity index is 1.05. The van der Waals surface area contributed by atoms with Crippen molar-refractivity contribution >= 4 is 24.2 Å². The molecule has 0 aromatic heterocycles. The van der Waals surface area contributed by atoms with Crippen LogP contribution in [0.1, 0.15) is 63.1 Å². The predicted octanol–water partition coefficient (Wildman–Crippen LogP) is 3.76. The number of alkyl carbamates (subject to hydrolysis) is 3. The standard InChI is InChI=1S/C54H70N4O17/c1-4-36-21-23-38(57-53(65)68-30-34-17-11-7-12-18-34)49(70-36)73-45-32(3)27-40(56-48(63)41(60)25-26-55-52(64)67-29-33-15-9-6-10-16-33)43(61)47(45)75-51-44(62)46(42(28-59)72-51)74-50-39(24-22-37(5-2)71-50)58-54(66)69-31-35-19-13-8-14-20-35/h6-24,32,36-47,49-51,59-62H,4-5,25-31H2,1-3H3,(H,55,64)(H,56,63)(H,57,65)(H,58,66)/t32-,36+,37-,38+,39+,40+,41-,42+,43-,44+,45+,46+,47+,49+,50+,51-/m0/s1. The van der Waals surface area contributed by atoms with Crippen LogP contribution in [-0.2, 0) is 67.2 Å². The molecule has 3 aromatic carbocycles. The topological polar surface area (TPSA) is 280 Å². The lowest BCUT2D eigenvalue weighted by atomic mass is 9.80. The number of carbonyl (C=O) groups excluding carboxylic acids is 4. The molecule has 8 N–H and O–H groups in total. The van der Waals surface area contributed by atoms with Gasteiger partial charge in [-0.2, -0.15) is 0 Å². The smallest absolute Gasteiger partial charge is 0.408 e. The second-order valence-electron chi connectivity index (χ2n) is 18.8. The molecule has 1 aliphatic carbocycles. The lowest BCUT2D eigenvalue weighted by Crippen LogP contribution is -2.63. The Kier molecular flexibility index (Phi) is 21.4. The van der Waals surface area contributed by atoms with E-state index in [0.717, 1.165) is 16.7 Å². The van der Waals surface area contributed by atoms with Crippen LogP contribution in [0.4, 0.5) is 14.4 Å². The molecule has 3 aliphatic heterocycles. The molecule has 1 saturated heterocycles. The van der Waals surface area contributed by atoms with Crippen molar-refractivity contribution in [2.45, 2.75) is 158 Å². The summed E-state index contributed by atoms with van der Waals surface area (Å²) < 4.78 is 54.3. The first-order chi connectivity index (χ1) is 36.3. The number of hydrogen-bond donors (Lipinski definition) is 8. The van der Waals surface area contributed by atoms with Gasteiger partial charge in [-0.3, -0.25) is 4.79 Å². The molecule has 4 amide bonds. The van der Waals surface area contributed by atoms with Gasteiger partial charge in [-0.15, -0.1) is 0 Å². The molecular formula is C54H70N4O17. The maximum atomic E-state index is 13.5. The number of hydrogen-bond acceptors (Lipinski definition) is 17. The summed E-state index contributed by atoms with van der Waals surface area (Å²) >= 11 is 0. The van der Waals surface area contributed by atoms with Crippen LogP contribution in [0, 0.1) is 5.92 Å². The van der Waals surface area contributed by atoms with E-state index < -0.39 is 129 Å². The zero-order valence-corrected chi connectivity index (χ0v) is 42.2. The normalized spacial score (nSPS) is 30.6. The maximum absolute atomic E-state index is 13.5. The first kappa shape index (κ1) is 56.7. The molecule has 16 atom stereocenters. The van der Waals surface area contributed by atoms with E-state index in [2.05, 4.69) is 21.3 Å². The van der Waals surface area contributed by atoms with Gasteiger partial charge in [0.05, 0.1) is 31.0 Å². The minimum atomic E-state index is -1.65. The molecule has 1 saturated carbocycles. The molecular weight excluding hydrogens is 977 g/mol. The number of rotatable bonds is 22. The third-order valence-corrected chi connectivity index (χ3v) is 13.2. The van der Waals surface area contributed by atoms with Gasteiger partial charge in [-0.1, -0.05) is 136 Å². The summed E-state index contributed by atoms with van der Waals surface area (Å²) in [6, 6.07) is 24.4. The molecule has 7 rings (SSSR count). The van der Waals surface area contributed by atoms with Gasteiger partial charge in [0, 0.05) is 6.54 Å². The minimum absolute atomic E-state index is 0.00106. The predicted molar refractivity (Wildman–Crippen MR) is 267 cm³/mol. The third-order valence-electron chi connectivity index (χ3n) is 13.2. The lowest BCUT2D eigenvalue weighted by molar-refractivity contribution is -0.287. The average molecular weight is 1050 g/mol. The van der Waals surface area contributed by atoms with Crippen molar-refractivity contribution in [1.82, 2.24) is 21.3 Å². The number of nitrogens with one attached hydrogen (secondary N) is 4. The van der Waals surface area contributed by atoms with Crippen molar-refractivity contribution in [3.63, 3.8) is 0 Å². The van der Waals surface area contributed by atoms with Gasteiger partial charge in [0.2, 0.25) is 5.91 Å². The van der Waals surface area contributed by atoms with Gasteiger partial charge < -0.3 is 84.3 Å². The molecule has 2 fully saturated rings. The molecule has 75 heavy (non-hydrogen) atoms. The average Bonchev–Trinajstić information content (AvgIpc) is 3.73. The van der Waals surface area contributed by atoms with Crippen LogP contribution in [0.3, 0.4) is 0 Å². The molecule has 3 heterocycles. The molecule has 408 valence electrons. The Bertz CT molecular complexity index is 2320. The molecule has 3 aromatic rings. The molecule has 0 unspecified atom stereocenters. The molecule has 21 nitrogen and oxygen atoms in total. The summed E-state index contributed by atoms with van der Waals surface area (Å²) in [5.41, 5.74) is 2.32. The molecule has 4 aliphatic rings. The van der Waals surface area contributed by atoms with Crippen molar-refractivity contribution in [2.24, 2.45) is 5.92 Å². The minimum Gasteiger partial charge on any atom is -0.445 e. The molecule has 0 spiro atoms. The van der Waals surface area contributed by atoms with Crippen molar-refractivity contribution in [2.75, 3.05) is 13.2 Å². The van der Waals surface area contributed by atoms with Crippen molar-refractivity contribution < 1.29 is 82.2 Å². The summed E-state index contributed by atoms with van der Waals surface area (Å²) in [6.45, 7) is 4.84. The fourth-order valence-corrected chi connectivity index (χ4v) is 9.03. The van der Waals surface area contributed by atoms with Crippen LogP contribution in [0.25, 0.3) is 0 Å². The third kappa shape index (κ3) is 16.3. The van der Waals surface area contributed by atoms with Crippen molar-refractivity contribution in [3.8, 4) is 0 Å². The van der Waals surface area contributed by atoms with Gasteiger partial charge in [-0.05, 0) is 48.3 Å². The number of amides is 4. The highest BCUT2D eigenvalue weighted by Crippen LogP contribution is 2.37. The largest absolute Gasteiger partial charge is 0.445 e. The maximum Gasteiger partial charge on any atom is 0.408 e. The zero-order chi connectivity index (χ0) is 53.3. The second kappa shape index (κ2) is 28.2. The quantitative estimate of drug-likeness (QED) is 0.0525. The Morgan fingerprint density at radius 1 is 0.600 bits per heavy atom. The summed E-state index contributed by atoms with van der Waals surface area (Å²) in [6.07, 6.45) is -9.06. The van der Waals surface area contributed by atoms with Gasteiger partial charge >= 0.3 is 18.3 Å². The summed E-state index contributed by atoms with van der Waals surface area (Å²) in [4.78, 5) is 52.1. The van der Waals surface area contributed by atoms with E-state index in [1.165, 1.54) is 0 Å². The monoisotopic (exact) mass is 1050 g/mol. The van der Waals surface area contributed by atoms with E-state index in [1.54, 1.807) is 43.4 Å². The first-order valence-corrected chi connectivity index (χ1v) is 25.5. The fourth-order valence-electron chi connectivity index (χ4n) is 9.03. The summed E-state index contributed by atoms with van der Waals surface area (Å²) in [5.74, 6) is -1.41. The molecule has 0 bridgehead atoms. The Labute approximate surface area is 435 Å². The zero-order valence-electron chi connectivity index (χ0n) is 42.2. The first-order valence-electron chi connectivity index (χ1n) is 25.5. The van der Waals surface area contributed by atoms with E-state index >= 15 is 0 Å². The van der Waals surface area contributed by atoms with Gasteiger partial charge in [0.25, 0.3) is 0 Å². The van der Waals surface area contributed by atoms with Crippen LogP contribution in [-0.4, -0.2) is 150 Å². The lowest BCUT2D eigenvalue weighted by Gasteiger charge is -2.46. The van der Waals surface area contributed by atoms with E-state index in [9.17, 15) is 39.6 Å². The SMILES string of the molecule is CC[C@H]1C=C[C@@H](NC(=O)OCc2ccccc2)[C@@H](O[C@H]2[C@@H](O)[C@H](O[C@@H]3[C@@H](O)[C@H](NC(=O)[C@@H](O)CCNC(=O)OCc4ccccc4)C[C@H](C)[C@H]3O[C@H]3O[C@H](CC)C=C[C@H]3NC(=O)OCc3ccccc3)O[C@@H]2CO)O1. The van der Waals surface area contributed by atoms with E-state index in [1.807, 2.05) is 92.7 Å². The van der Waals surface area contributed by atoms with Crippen LogP contribution in [0.5, 0.6) is 0 Å². The van der Waals surface area contributed by atoms with Gasteiger partial charge in [0.15, 0.2) is 18.9 Å². The highest BCUT2D eigenvalue weighted by molar-refractivity contribution is 5.81. The van der Waals surface area contributed by atoms with Crippen LogP contribution in [0.15, 0.2) is 115 Å². The number of benzene rings is 3. The highest BCUT2D eigenvalue weighted by Gasteiger charge is 2.53. The van der Waals surface area contributed by atoms with Crippen LogP contribution >= 0.6 is 0 Å². The van der Waals surface area contributed by atoms with Crippen LogP contribution in [0.2, 0.25) is 0 Å². The Morgan fingerprint density at radius 3 is 1.55 bits per heavy atom. The van der Waals surface area contributed by atoms with E-state index in [0.29, 0.717) is 12.8 Å². The number of carbonyl (C=O) groups is 4. The fraction of sp³-hybridized carbons (Fsp3) is 0.519.